The lowest BCUT2D eigenvalue weighted by Crippen LogP contribution is -2.43. The number of hydrogen-bond acceptors (Lipinski definition) is 6. The maximum Gasteiger partial charge on any atom is 0.490 e. The quantitative estimate of drug-likeness (QED) is 0.754. The molecule has 0 saturated carbocycles. The van der Waals surface area contributed by atoms with Gasteiger partial charge in [0.25, 0.3) is 5.91 Å². The van der Waals surface area contributed by atoms with Crippen molar-refractivity contribution in [2.24, 2.45) is 0 Å². The first-order valence-electron chi connectivity index (χ1n) is 9.96. The lowest BCUT2D eigenvalue weighted by atomic mass is 10.0. The SMILES string of the molecule is Cc1cccc(CO[C@H]2CN(C(=O)c3ccoc3)[C@@H]3CCCO[C@H]23)n1.O=C(O)C(F)(F)F. The molecule has 4 rings (SSSR count). The summed E-state index contributed by atoms with van der Waals surface area (Å²) in [6.45, 7) is 3.64. The number of furan rings is 1. The molecule has 3 atom stereocenters. The minimum absolute atomic E-state index is 0.0194. The molecule has 2 aromatic heterocycles. The monoisotopic (exact) mass is 456 g/mol. The number of rotatable bonds is 4. The maximum atomic E-state index is 12.8. The Labute approximate surface area is 181 Å². The van der Waals surface area contributed by atoms with E-state index >= 15 is 0 Å². The average molecular weight is 456 g/mol. The van der Waals surface area contributed by atoms with Gasteiger partial charge >= 0.3 is 12.1 Å². The number of aromatic nitrogens is 1. The van der Waals surface area contributed by atoms with Crippen molar-refractivity contribution in [1.82, 2.24) is 9.88 Å². The van der Waals surface area contributed by atoms with Crippen molar-refractivity contribution < 1.29 is 41.8 Å². The van der Waals surface area contributed by atoms with Crippen LogP contribution in [0.1, 0.15) is 34.6 Å². The van der Waals surface area contributed by atoms with Crippen LogP contribution in [-0.4, -0.2) is 64.4 Å². The molecule has 2 fully saturated rings. The van der Waals surface area contributed by atoms with Crippen LogP contribution in [0, 0.1) is 6.92 Å². The van der Waals surface area contributed by atoms with Crippen LogP contribution in [0.2, 0.25) is 0 Å². The highest BCUT2D eigenvalue weighted by Crippen LogP contribution is 2.32. The number of fused-ring (bicyclic) bond motifs is 1. The maximum absolute atomic E-state index is 12.8. The summed E-state index contributed by atoms with van der Waals surface area (Å²) in [5, 5.41) is 7.12. The zero-order valence-electron chi connectivity index (χ0n) is 17.2. The molecule has 32 heavy (non-hydrogen) atoms. The molecular weight excluding hydrogens is 433 g/mol. The van der Waals surface area contributed by atoms with Gasteiger partial charge in [0.1, 0.15) is 18.5 Å². The van der Waals surface area contributed by atoms with Gasteiger partial charge < -0.3 is 23.9 Å². The molecule has 174 valence electrons. The van der Waals surface area contributed by atoms with Crippen molar-refractivity contribution in [2.45, 2.75) is 50.8 Å². The van der Waals surface area contributed by atoms with E-state index in [0.29, 0.717) is 18.7 Å². The zero-order chi connectivity index (χ0) is 23.3. The van der Waals surface area contributed by atoms with Crippen LogP contribution in [0.3, 0.4) is 0 Å². The van der Waals surface area contributed by atoms with Crippen LogP contribution in [0.4, 0.5) is 13.2 Å². The normalized spacial score (nSPS) is 22.6. The van der Waals surface area contributed by atoms with E-state index in [1.54, 1.807) is 6.07 Å². The summed E-state index contributed by atoms with van der Waals surface area (Å²) in [5.41, 5.74) is 2.44. The third kappa shape index (κ3) is 5.86. The molecule has 0 aliphatic carbocycles. The highest BCUT2D eigenvalue weighted by Gasteiger charge is 2.47. The molecule has 0 bridgehead atoms. The van der Waals surface area contributed by atoms with Gasteiger partial charge in [0, 0.05) is 12.3 Å². The number of likely N-dealkylation sites (tertiary alicyclic amines) is 1. The lowest BCUT2D eigenvalue weighted by Gasteiger charge is -2.32. The van der Waals surface area contributed by atoms with Crippen molar-refractivity contribution in [1.29, 1.82) is 0 Å². The topological polar surface area (TPSA) is 102 Å². The predicted octanol–water partition coefficient (Wildman–Crippen LogP) is 3.21. The Hall–Kier alpha value is -2.92. The number of aryl methyl sites for hydroxylation is 1. The van der Waals surface area contributed by atoms with E-state index < -0.39 is 12.1 Å². The largest absolute Gasteiger partial charge is 0.490 e. The predicted molar refractivity (Wildman–Crippen MR) is 104 cm³/mol. The summed E-state index contributed by atoms with van der Waals surface area (Å²) in [6, 6.07) is 7.66. The molecule has 0 spiro atoms. The van der Waals surface area contributed by atoms with Gasteiger partial charge in [0.05, 0.1) is 36.7 Å². The fraction of sp³-hybridized carbons (Fsp3) is 0.476. The number of pyridine rings is 1. The minimum Gasteiger partial charge on any atom is -0.475 e. The molecule has 1 N–H and O–H groups in total. The molecule has 0 unspecified atom stereocenters. The molecule has 8 nitrogen and oxygen atoms in total. The van der Waals surface area contributed by atoms with Crippen molar-refractivity contribution in [3.05, 3.63) is 53.7 Å². The smallest absolute Gasteiger partial charge is 0.475 e. The summed E-state index contributed by atoms with van der Waals surface area (Å²) in [4.78, 5) is 28.0. The number of carbonyl (C=O) groups is 2. The Balaban J connectivity index is 0.000000360. The van der Waals surface area contributed by atoms with Gasteiger partial charge in [-0.05, 0) is 38.0 Å². The van der Waals surface area contributed by atoms with Gasteiger partial charge in [-0.3, -0.25) is 9.78 Å². The van der Waals surface area contributed by atoms with E-state index in [1.807, 2.05) is 30.0 Å². The highest BCUT2D eigenvalue weighted by molar-refractivity contribution is 5.94. The van der Waals surface area contributed by atoms with Gasteiger partial charge in [0.2, 0.25) is 0 Å². The number of alkyl halides is 3. The molecule has 2 aliphatic heterocycles. The Morgan fingerprint density at radius 2 is 2.06 bits per heavy atom. The number of carboxylic acid groups (broad SMARTS) is 1. The highest BCUT2D eigenvalue weighted by atomic mass is 19.4. The summed E-state index contributed by atoms with van der Waals surface area (Å²) in [5.74, 6) is -2.78. The summed E-state index contributed by atoms with van der Waals surface area (Å²) in [6.07, 6.45) is -0.376. The van der Waals surface area contributed by atoms with Crippen LogP contribution in [0.5, 0.6) is 0 Å². The number of carbonyl (C=O) groups excluding carboxylic acids is 1. The van der Waals surface area contributed by atoms with E-state index in [2.05, 4.69) is 4.98 Å². The van der Waals surface area contributed by atoms with E-state index in [4.69, 9.17) is 23.8 Å². The third-order valence-electron chi connectivity index (χ3n) is 5.14. The van der Waals surface area contributed by atoms with Crippen molar-refractivity contribution in [3.8, 4) is 0 Å². The lowest BCUT2D eigenvalue weighted by molar-refractivity contribution is -0.192. The van der Waals surface area contributed by atoms with Crippen molar-refractivity contribution in [2.75, 3.05) is 13.2 Å². The Morgan fingerprint density at radius 3 is 2.69 bits per heavy atom. The standard InChI is InChI=1S/C19H22N2O4.C2HF3O2/c1-13-4-2-5-15(20-13)12-25-17-10-21(16-6-3-8-24-18(16)17)19(22)14-7-9-23-11-14;3-2(4,5)1(6)7/h2,4-5,7,9,11,16-18H,3,6,8,10,12H2,1H3;(H,6,7)/t16-,17+,18+;/m1./s1. The van der Waals surface area contributed by atoms with Crippen LogP contribution >= 0.6 is 0 Å². The fourth-order valence-corrected chi connectivity index (χ4v) is 3.71. The minimum atomic E-state index is -5.08. The van der Waals surface area contributed by atoms with Crippen LogP contribution in [0.15, 0.2) is 41.2 Å². The summed E-state index contributed by atoms with van der Waals surface area (Å²) < 4.78 is 48.9. The molecule has 2 aromatic rings. The molecule has 0 radical (unpaired) electrons. The number of hydrogen-bond donors (Lipinski definition) is 1. The second-order valence-electron chi connectivity index (χ2n) is 7.44. The molecule has 4 heterocycles. The first-order chi connectivity index (χ1) is 15.2. The second kappa shape index (κ2) is 10.1. The number of ether oxygens (including phenoxy) is 2. The fourth-order valence-electron chi connectivity index (χ4n) is 3.71. The van der Waals surface area contributed by atoms with Gasteiger partial charge in [-0.25, -0.2) is 4.79 Å². The van der Waals surface area contributed by atoms with Crippen molar-refractivity contribution >= 4 is 11.9 Å². The molecule has 2 saturated heterocycles. The number of halogens is 3. The first kappa shape index (κ1) is 23.7. The summed E-state index contributed by atoms with van der Waals surface area (Å²) >= 11 is 0. The van der Waals surface area contributed by atoms with E-state index in [9.17, 15) is 18.0 Å². The molecule has 0 aromatic carbocycles. The molecule has 2 aliphatic rings. The van der Waals surface area contributed by atoms with Gasteiger partial charge in [-0.15, -0.1) is 0 Å². The zero-order valence-corrected chi connectivity index (χ0v) is 17.2. The van der Waals surface area contributed by atoms with Crippen LogP contribution in [-0.2, 0) is 20.9 Å². The van der Waals surface area contributed by atoms with E-state index in [1.165, 1.54) is 12.5 Å². The number of carboxylic acids is 1. The Kier molecular flexibility index (Phi) is 7.52. The summed E-state index contributed by atoms with van der Waals surface area (Å²) in [7, 11) is 0. The van der Waals surface area contributed by atoms with Crippen LogP contribution in [0.25, 0.3) is 0 Å². The molecular formula is C21H23F3N2O6. The number of amides is 1. The number of aliphatic carboxylic acids is 1. The molecule has 11 heteroatoms. The Bertz CT molecular complexity index is 919. The number of nitrogens with zero attached hydrogens (tertiary/aromatic N) is 2. The van der Waals surface area contributed by atoms with E-state index in [0.717, 1.165) is 30.8 Å². The average Bonchev–Trinajstić information content (AvgIpc) is 3.40. The van der Waals surface area contributed by atoms with Crippen LogP contribution < -0.4 is 0 Å². The van der Waals surface area contributed by atoms with Gasteiger partial charge in [-0.1, -0.05) is 6.07 Å². The van der Waals surface area contributed by atoms with Gasteiger partial charge in [0.15, 0.2) is 0 Å². The first-order valence-corrected chi connectivity index (χ1v) is 9.96. The third-order valence-corrected chi connectivity index (χ3v) is 5.14. The van der Waals surface area contributed by atoms with E-state index in [-0.39, 0.29) is 24.2 Å². The van der Waals surface area contributed by atoms with Gasteiger partial charge in [-0.2, -0.15) is 13.2 Å². The molecule has 1 amide bonds. The second-order valence-corrected chi connectivity index (χ2v) is 7.44. The van der Waals surface area contributed by atoms with Crippen molar-refractivity contribution in [3.63, 3.8) is 0 Å². The Morgan fingerprint density at radius 1 is 1.31 bits per heavy atom.